The fraction of sp³-hybridized carbons (Fsp3) is 0.462. The summed E-state index contributed by atoms with van der Waals surface area (Å²) in [7, 11) is 1.71. The zero-order valence-electron chi connectivity index (χ0n) is 10.7. The SMILES string of the molecule is CN(C(=O)OC(C)(C)C)c1cccc(CBr)c1. The van der Waals surface area contributed by atoms with Crippen molar-refractivity contribution in [1.82, 2.24) is 0 Å². The minimum Gasteiger partial charge on any atom is -0.443 e. The summed E-state index contributed by atoms with van der Waals surface area (Å²) in [6.07, 6.45) is -0.343. The van der Waals surface area contributed by atoms with Crippen LogP contribution in [0.15, 0.2) is 24.3 Å². The van der Waals surface area contributed by atoms with Crippen LogP contribution in [0.4, 0.5) is 10.5 Å². The van der Waals surface area contributed by atoms with Gasteiger partial charge in [-0.25, -0.2) is 4.79 Å². The molecule has 0 radical (unpaired) electrons. The highest BCUT2D eigenvalue weighted by Gasteiger charge is 2.20. The average molecular weight is 300 g/mol. The Morgan fingerprint density at radius 1 is 1.41 bits per heavy atom. The highest BCUT2D eigenvalue weighted by Crippen LogP contribution is 2.19. The molecule has 0 aliphatic heterocycles. The predicted octanol–water partition coefficient (Wildman–Crippen LogP) is 3.95. The summed E-state index contributed by atoms with van der Waals surface area (Å²) in [5, 5.41) is 0.767. The number of hydrogen-bond acceptors (Lipinski definition) is 2. The number of anilines is 1. The molecule has 0 saturated carbocycles. The maximum absolute atomic E-state index is 11.9. The maximum Gasteiger partial charge on any atom is 0.414 e. The molecule has 0 aromatic heterocycles. The molecule has 17 heavy (non-hydrogen) atoms. The summed E-state index contributed by atoms with van der Waals surface area (Å²) in [5.74, 6) is 0. The lowest BCUT2D eigenvalue weighted by atomic mass is 10.2. The maximum atomic E-state index is 11.9. The molecule has 0 heterocycles. The van der Waals surface area contributed by atoms with Crippen molar-refractivity contribution in [2.24, 2.45) is 0 Å². The van der Waals surface area contributed by atoms with Crippen molar-refractivity contribution in [2.45, 2.75) is 31.7 Å². The van der Waals surface area contributed by atoms with Crippen molar-refractivity contribution in [2.75, 3.05) is 11.9 Å². The Kier molecular flexibility index (Phi) is 4.57. The quantitative estimate of drug-likeness (QED) is 0.774. The molecule has 0 fully saturated rings. The number of hydrogen-bond donors (Lipinski definition) is 0. The van der Waals surface area contributed by atoms with Crippen LogP contribution in [0.2, 0.25) is 0 Å². The van der Waals surface area contributed by atoms with Gasteiger partial charge in [0.1, 0.15) is 5.60 Å². The Balaban J connectivity index is 2.81. The summed E-state index contributed by atoms with van der Waals surface area (Å²) >= 11 is 3.39. The van der Waals surface area contributed by atoms with Crippen LogP contribution in [0, 0.1) is 0 Å². The van der Waals surface area contributed by atoms with Gasteiger partial charge in [-0.2, -0.15) is 0 Å². The van der Waals surface area contributed by atoms with Gasteiger partial charge >= 0.3 is 6.09 Å². The number of carbonyl (C=O) groups excluding carboxylic acids is 1. The normalized spacial score (nSPS) is 11.1. The highest BCUT2D eigenvalue weighted by molar-refractivity contribution is 9.08. The van der Waals surface area contributed by atoms with Crippen LogP contribution in [-0.2, 0) is 10.1 Å². The van der Waals surface area contributed by atoms with Crippen LogP contribution in [0.3, 0.4) is 0 Å². The van der Waals surface area contributed by atoms with Gasteiger partial charge in [0.05, 0.1) is 0 Å². The number of ether oxygens (including phenoxy) is 1. The molecule has 0 aliphatic rings. The number of amides is 1. The van der Waals surface area contributed by atoms with Crippen molar-refractivity contribution in [3.63, 3.8) is 0 Å². The van der Waals surface area contributed by atoms with E-state index in [4.69, 9.17) is 4.74 Å². The van der Waals surface area contributed by atoms with E-state index < -0.39 is 5.60 Å². The van der Waals surface area contributed by atoms with Crippen molar-refractivity contribution < 1.29 is 9.53 Å². The van der Waals surface area contributed by atoms with Crippen LogP contribution in [0.25, 0.3) is 0 Å². The average Bonchev–Trinajstić information content (AvgIpc) is 2.26. The van der Waals surface area contributed by atoms with E-state index in [9.17, 15) is 4.79 Å². The molecule has 4 heteroatoms. The first kappa shape index (κ1) is 14.0. The van der Waals surface area contributed by atoms with E-state index >= 15 is 0 Å². The van der Waals surface area contributed by atoms with E-state index in [2.05, 4.69) is 15.9 Å². The topological polar surface area (TPSA) is 29.5 Å². The lowest BCUT2D eigenvalue weighted by molar-refractivity contribution is 0.0589. The van der Waals surface area contributed by atoms with E-state index in [1.807, 2.05) is 45.0 Å². The van der Waals surface area contributed by atoms with Crippen LogP contribution < -0.4 is 4.90 Å². The molecular formula is C13H18BrNO2. The molecular weight excluding hydrogens is 282 g/mol. The third-order valence-corrected chi connectivity index (χ3v) is 2.77. The molecule has 1 amide bonds. The number of carbonyl (C=O) groups is 1. The van der Waals surface area contributed by atoms with Gasteiger partial charge in [0.15, 0.2) is 0 Å². The van der Waals surface area contributed by atoms with Gasteiger partial charge in [-0.3, -0.25) is 4.90 Å². The zero-order valence-corrected chi connectivity index (χ0v) is 12.2. The van der Waals surface area contributed by atoms with E-state index in [0.29, 0.717) is 0 Å². The van der Waals surface area contributed by atoms with Gasteiger partial charge < -0.3 is 4.74 Å². The third-order valence-electron chi connectivity index (χ3n) is 2.12. The van der Waals surface area contributed by atoms with Gasteiger partial charge in [0.2, 0.25) is 0 Å². The Morgan fingerprint density at radius 3 is 2.59 bits per heavy atom. The standard InChI is InChI=1S/C13H18BrNO2/c1-13(2,3)17-12(16)15(4)11-7-5-6-10(8-11)9-14/h5-8H,9H2,1-4H3. The minimum absolute atomic E-state index is 0.343. The van der Waals surface area contributed by atoms with Crippen LogP contribution in [-0.4, -0.2) is 18.7 Å². The molecule has 3 nitrogen and oxygen atoms in total. The fourth-order valence-electron chi connectivity index (χ4n) is 1.28. The van der Waals surface area contributed by atoms with Gasteiger partial charge in [-0.15, -0.1) is 0 Å². The molecule has 0 saturated heterocycles. The molecule has 1 aromatic carbocycles. The Morgan fingerprint density at radius 2 is 2.06 bits per heavy atom. The van der Waals surface area contributed by atoms with E-state index in [1.165, 1.54) is 4.90 Å². The number of halogens is 1. The van der Waals surface area contributed by atoms with Crippen LogP contribution in [0.5, 0.6) is 0 Å². The minimum atomic E-state index is -0.474. The van der Waals surface area contributed by atoms with Crippen LogP contribution >= 0.6 is 15.9 Å². The van der Waals surface area contributed by atoms with Crippen LogP contribution in [0.1, 0.15) is 26.3 Å². The monoisotopic (exact) mass is 299 g/mol. The molecule has 0 unspecified atom stereocenters. The second-order valence-corrected chi connectivity index (χ2v) is 5.40. The molecule has 1 aromatic rings. The van der Waals surface area contributed by atoms with Crippen molar-refractivity contribution >= 4 is 27.7 Å². The van der Waals surface area contributed by atoms with Crippen molar-refractivity contribution in [3.05, 3.63) is 29.8 Å². The molecule has 0 N–H and O–H groups in total. The summed E-state index contributed by atoms with van der Waals surface area (Å²) in [4.78, 5) is 13.4. The fourth-order valence-corrected chi connectivity index (χ4v) is 1.63. The van der Waals surface area contributed by atoms with Gasteiger partial charge in [-0.1, -0.05) is 28.1 Å². The highest BCUT2D eigenvalue weighted by atomic mass is 79.9. The lowest BCUT2D eigenvalue weighted by Crippen LogP contribution is -2.34. The molecule has 0 atom stereocenters. The number of nitrogens with zero attached hydrogens (tertiary/aromatic N) is 1. The first-order valence-corrected chi connectivity index (χ1v) is 6.57. The van der Waals surface area contributed by atoms with Gasteiger partial charge in [-0.05, 0) is 38.5 Å². The first-order valence-electron chi connectivity index (χ1n) is 5.45. The lowest BCUT2D eigenvalue weighted by Gasteiger charge is -2.24. The zero-order chi connectivity index (χ0) is 13.1. The van der Waals surface area contributed by atoms with E-state index in [-0.39, 0.29) is 6.09 Å². The number of alkyl halides is 1. The third kappa shape index (κ3) is 4.38. The van der Waals surface area contributed by atoms with Gasteiger partial charge in [0.25, 0.3) is 0 Å². The molecule has 0 aliphatic carbocycles. The van der Waals surface area contributed by atoms with E-state index in [0.717, 1.165) is 16.6 Å². The van der Waals surface area contributed by atoms with Crippen molar-refractivity contribution in [3.8, 4) is 0 Å². The summed E-state index contributed by atoms with van der Waals surface area (Å²) in [6.45, 7) is 5.56. The summed E-state index contributed by atoms with van der Waals surface area (Å²) in [6, 6.07) is 7.77. The van der Waals surface area contributed by atoms with Crippen molar-refractivity contribution in [1.29, 1.82) is 0 Å². The molecule has 94 valence electrons. The Hall–Kier alpha value is -1.03. The number of benzene rings is 1. The van der Waals surface area contributed by atoms with Gasteiger partial charge in [0, 0.05) is 18.1 Å². The smallest absolute Gasteiger partial charge is 0.414 e. The second-order valence-electron chi connectivity index (χ2n) is 4.84. The Labute approximate surface area is 111 Å². The second kappa shape index (κ2) is 5.54. The first-order chi connectivity index (χ1) is 7.83. The Bertz CT molecular complexity index is 399. The summed E-state index contributed by atoms with van der Waals surface area (Å²) in [5.41, 5.74) is 1.48. The molecule has 0 bridgehead atoms. The number of rotatable bonds is 2. The predicted molar refractivity (Wildman–Crippen MR) is 73.7 cm³/mol. The summed E-state index contributed by atoms with van der Waals surface area (Å²) < 4.78 is 5.30. The largest absolute Gasteiger partial charge is 0.443 e. The van der Waals surface area contributed by atoms with E-state index in [1.54, 1.807) is 7.05 Å². The molecule has 1 rings (SSSR count). The molecule has 0 spiro atoms.